The first-order valence-electron chi connectivity index (χ1n) is 7.31. The molecular formula is C16H25NO2. The van der Waals surface area contributed by atoms with Crippen molar-refractivity contribution in [2.75, 3.05) is 6.54 Å². The summed E-state index contributed by atoms with van der Waals surface area (Å²) < 4.78 is 0. The lowest BCUT2D eigenvalue weighted by Gasteiger charge is -2.39. The van der Waals surface area contributed by atoms with E-state index in [2.05, 4.69) is 18.5 Å². The number of hydrogen-bond acceptors (Lipinski definition) is 3. The smallest absolute Gasteiger partial charge is 0.133 e. The highest BCUT2D eigenvalue weighted by Crippen LogP contribution is 2.33. The molecule has 3 heteroatoms. The maximum Gasteiger partial charge on any atom is 0.133 e. The summed E-state index contributed by atoms with van der Waals surface area (Å²) in [6, 6.07) is -0.00769. The van der Waals surface area contributed by atoms with E-state index in [4.69, 9.17) is 0 Å². The van der Waals surface area contributed by atoms with E-state index in [0.717, 1.165) is 18.0 Å². The Labute approximate surface area is 115 Å². The minimum Gasteiger partial charge on any atom is -0.388 e. The van der Waals surface area contributed by atoms with E-state index in [0.29, 0.717) is 32.1 Å². The molecule has 2 aliphatic rings. The number of hydrogen-bond donors (Lipinski definition) is 2. The van der Waals surface area contributed by atoms with Gasteiger partial charge in [-0.05, 0) is 44.6 Å². The molecule has 0 bridgehead atoms. The molecule has 0 aliphatic heterocycles. The van der Waals surface area contributed by atoms with Crippen LogP contribution in [0.2, 0.25) is 0 Å². The average molecular weight is 263 g/mol. The molecule has 2 saturated carbocycles. The van der Waals surface area contributed by atoms with Gasteiger partial charge in [0.15, 0.2) is 0 Å². The van der Waals surface area contributed by atoms with E-state index in [1.165, 1.54) is 12.8 Å². The zero-order chi connectivity index (χ0) is 13.9. The molecule has 0 unspecified atom stereocenters. The van der Waals surface area contributed by atoms with Gasteiger partial charge in [0, 0.05) is 18.9 Å². The number of carbonyl (C=O) groups is 1. The van der Waals surface area contributed by atoms with Crippen LogP contribution in [0.5, 0.6) is 0 Å². The van der Waals surface area contributed by atoms with Crippen LogP contribution >= 0.6 is 0 Å². The van der Waals surface area contributed by atoms with Crippen molar-refractivity contribution in [1.82, 2.24) is 5.32 Å². The fraction of sp³-hybridized carbons (Fsp3) is 0.688. The SMILES string of the molecule is C=CC(=C)C[C@@H](NCC1CC1)C1(O)CCC(=O)CC1. The maximum atomic E-state index is 11.4. The second-order valence-electron chi connectivity index (χ2n) is 6.11. The molecule has 2 fully saturated rings. The molecule has 0 spiro atoms. The number of ketones is 1. The number of aliphatic hydroxyl groups is 1. The maximum absolute atomic E-state index is 11.4. The van der Waals surface area contributed by atoms with Crippen LogP contribution in [0.25, 0.3) is 0 Å². The molecule has 2 aliphatic carbocycles. The molecule has 3 nitrogen and oxygen atoms in total. The third kappa shape index (κ3) is 4.02. The van der Waals surface area contributed by atoms with Crippen molar-refractivity contribution >= 4 is 5.78 Å². The summed E-state index contributed by atoms with van der Waals surface area (Å²) in [4.78, 5) is 11.4. The van der Waals surface area contributed by atoms with E-state index in [1.807, 2.05) is 0 Å². The fourth-order valence-corrected chi connectivity index (χ4v) is 2.74. The van der Waals surface area contributed by atoms with E-state index < -0.39 is 5.60 Å². The Hall–Kier alpha value is -0.930. The van der Waals surface area contributed by atoms with Gasteiger partial charge in [-0.15, -0.1) is 0 Å². The highest BCUT2D eigenvalue weighted by molar-refractivity contribution is 5.79. The summed E-state index contributed by atoms with van der Waals surface area (Å²) in [6.07, 6.45) is 7.18. The molecule has 0 aromatic rings. The van der Waals surface area contributed by atoms with Gasteiger partial charge in [0.2, 0.25) is 0 Å². The van der Waals surface area contributed by atoms with E-state index >= 15 is 0 Å². The lowest BCUT2D eigenvalue weighted by Crippen LogP contribution is -2.53. The number of rotatable bonds is 7. The molecular weight excluding hydrogens is 238 g/mol. The standard InChI is InChI=1S/C16H25NO2/c1-3-12(2)10-15(17-11-13-4-5-13)16(19)8-6-14(18)7-9-16/h3,13,15,17,19H,1-2,4-11H2/t15-/m1/s1. The first-order chi connectivity index (χ1) is 9.03. The largest absolute Gasteiger partial charge is 0.388 e. The molecule has 2 rings (SSSR count). The van der Waals surface area contributed by atoms with Crippen molar-refractivity contribution in [3.05, 3.63) is 24.8 Å². The molecule has 0 aromatic carbocycles. The topological polar surface area (TPSA) is 49.3 Å². The second-order valence-corrected chi connectivity index (χ2v) is 6.11. The summed E-state index contributed by atoms with van der Waals surface area (Å²) >= 11 is 0. The third-order valence-electron chi connectivity index (χ3n) is 4.43. The lowest BCUT2D eigenvalue weighted by atomic mass is 9.77. The van der Waals surface area contributed by atoms with E-state index in [-0.39, 0.29) is 11.8 Å². The molecule has 0 amide bonds. The zero-order valence-electron chi connectivity index (χ0n) is 11.7. The lowest BCUT2D eigenvalue weighted by molar-refractivity contribution is -0.126. The minimum absolute atomic E-state index is 0.00769. The molecule has 0 aromatic heterocycles. The Morgan fingerprint density at radius 3 is 2.63 bits per heavy atom. The summed E-state index contributed by atoms with van der Waals surface area (Å²) in [5.41, 5.74) is 0.174. The minimum atomic E-state index is -0.769. The molecule has 0 radical (unpaired) electrons. The Balaban J connectivity index is 1.98. The van der Waals surface area contributed by atoms with E-state index in [1.54, 1.807) is 6.08 Å². The second kappa shape index (κ2) is 6.02. The van der Waals surface area contributed by atoms with Gasteiger partial charge in [-0.3, -0.25) is 4.79 Å². The van der Waals surface area contributed by atoms with Gasteiger partial charge in [-0.25, -0.2) is 0 Å². The van der Waals surface area contributed by atoms with Gasteiger partial charge in [-0.2, -0.15) is 0 Å². The highest BCUT2D eigenvalue weighted by Gasteiger charge is 2.40. The molecule has 19 heavy (non-hydrogen) atoms. The first kappa shape index (κ1) is 14.5. The van der Waals surface area contributed by atoms with Crippen LogP contribution < -0.4 is 5.32 Å². The van der Waals surface area contributed by atoms with Crippen molar-refractivity contribution in [3.63, 3.8) is 0 Å². The Bertz CT molecular complexity index is 361. The predicted molar refractivity (Wildman–Crippen MR) is 76.9 cm³/mol. The van der Waals surface area contributed by atoms with Crippen molar-refractivity contribution in [3.8, 4) is 0 Å². The summed E-state index contributed by atoms with van der Waals surface area (Å²) in [5, 5.41) is 14.3. The third-order valence-corrected chi connectivity index (χ3v) is 4.43. The van der Waals surface area contributed by atoms with Crippen molar-refractivity contribution < 1.29 is 9.90 Å². The van der Waals surface area contributed by atoms with Crippen LogP contribution in [0.4, 0.5) is 0 Å². The van der Waals surface area contributed by atoms with Gasteiger partial charge in [0.05, 0.1) is 5.60 Å². The van der Waals surface area contributed by atoms with Crippen LogP contribution in [-0.4, -0.2) is 29.1 Å². The Kier molecular flexibility index (Phi) is 4.58. The number of Topliss-reactive ketones (excluding diaryl/α,β-unsaturated/α-hetero) is 1. The number of carbonyl (C=O) groups excluding carboxylic acids is 1. The molecule has 2 N–H and O–H groups in total. The quantitative estimate of drug-likeness (QED) is 0.693. The normalized spacial score (nSPS) is 23.9. The summed E-state index contributed by atoms with van der Waals surface area (Å²) in [7, 11) is 0. The average Bonchev–Trinajstić information content (AvgIpc) is 3.22. The highest BCUT2D eigenvalue weighted by atomic mass is 16.3. The number of allylic oxidation sites excluding steroid dienone is 1. The van der Waals surface area contributed by atoms with Crippen LogP contribution in [0.1, 0.15) is 44.9 Å². The predicted octanol–water partition coefficient (Wildman–Crippen LogP) is 2.36. The summed E-state index contributed by atoms with van der Waals surface area (Å²) in [5.74, 6) is 1.04. The van der Waals surface area contributed by atoms with Gasteiger partial charge >= 0.3 is 0 Å². The van der Waals surface area contributed by atoms with Gasteiger partial charge in [0.25, 0.3) is 0 Å². The van der Waals surface area contributed by atoms with Crippen molar-refractivity contribution in [1.29, 1.82) is 0 Å². The van der Waals surface area contributed by atoms with Gasteiger partial charge in [-0.1, -0.05) is 24.8 Å². The van der Waals surface area contributed by atoms with E-state index in [9.17, 15) is 9.90 Å². The monoisotopic (exact) mass is 263 g/mol. The van der Waals surface area contributed by atoms with Gasteiger partial charge < -0.3 is 10.4 Å². The van der Waals surface area contributed by atoms with Crippen LogP contribution in [-0.2, 0) is 4.79 Å². The summed E-state index contributed by atoms with van der Waals surface area (Å²) in [6.45, 7) is 8.66. The zero-order valence-corrected chi connectivity index (χ0v) is 11.7. The fourth-order valence-electron chi connectivity index (χ4n) is 2.74. The molecule has 106 valence electrons. The van der Waals surface area contributed by atoms with Crippen molar-refractivity contribution in [2.24, 2.45) is 5.92 Å². The molecule has 0 heterocycles. The number of nitrogens with one attached hydrogen (secondary N) is 1. The van der Waals surface area contributed by atoms with Crippen LogP contribution in [0.15, 0.2) is 24.8 Å². The first-order valence-corrected chi connectivity index (χ1v) is 7.31. The molecule has 1 atom stereocenters. The van der Waals surface area contributed by atoms with Gasteiger partial charge in [0.1, 0.15) is 5.78 Å². The van der Waals surface area contributed by atoms with Crippen molar-refractivity contribution in [2.45, 2.75) is 56.6 Å². The Morgan fingerprint density at radius 2 is 2.11 bits per heavy atom. The Morgan fingerprint density at radius 1 is 1.47 bits per heavy atom. The molecule has 0 saturated heterocycles. The van der Waals surface area contributed by atoms with Crippen LogP contribution in [0, 0.1) is 5.92 Å². The van der Waals surface area contributed by atoms with Crippen LogP contribution in [0.3, 0.4) is 0 Å².